The largest absolute Gasteiger partial charge is 0.493 e. The molecule has 0 bridgehead atoms. The van der Waals surface area contributed by atoms with E-state index in [4.69, 9.17) is 31.3 Å². The molecule has 0 aliphatic rings. The maximum absolute atomic E-state index is 6.17. The van der Waals surface area contributed by atoms with Gasteiger partial charge in [-0.1, -0.05) is 30.1 Å². The van der Waals surface area contributed by atoms with Crippen LogP contribution in [0.25, 0.3) is 11.4 Å². The zero-order chi connectivity index (χ0) is 15.4. The number of halogens is 1. The molecule has 0 saturated carbocycles. The molecule has 21 heavy (non-hydrogen) atoms. The van der Waals surface area contributed by atoms with E-state index < -0.39 is 0 Å². The number of benzene rings is 1. The number of rotatable bonds is 6. The van der Waals surface area contributed by atoms with Crippen LogP contribution in [0.2, 0.25) is 5.02 Å². The molecule has 0 spiro atoms. The fourth-order valence-corrected chi connectivity index (χ4v) is 2.27. The highest BCUT2D eigenvalue weighted by Crippen LogP contribution is 2.38. The Morgan fingerprint density at radius 1 is 1.33 bits per heavy atom. The molecule has 1 aromatic carbocycles. The van der Waals surface area contributed by atoms with E-state index in [0.717, 1.165) is 12.8 Å². The highest BCUT2D eigenvalue weighted by atomic mass is 35.5. The molecule has 2 N–H and O–H groups in total. The molecule has 0 amide bonds. The van der Waals surface area contributed by atoms with Crippen molar-refractivity contribution in [2.75, 3.05) is 14.2 Å². The Bertz CT molecular complexity index is 616. The third-order valence-electron chi connectivity index (χ3n) is 3.05. The van der Waals surface area contributed by atoms with E-state index in [1.54, 1.807) is 12.1 Å². The Morgan fingerprint density at radius 3 is 2.71 bits per heavy atom. The maximum Gasteiger partial charge on any atom is 0.243 e. The van der Waals surface area contributed by atoms with E-state index in [-0.39, 0.29) is 6.04 Å². The van der Waals surface area contributed by atoms with Crippen LogP contribution >= 0.6 is 11.6 Å². The average Bonchev–Trinajstić information content (AvgIpc) is 2.96. The SMILES string of the molecule is CCCC(N)c1nc(-c2cc(Cl)c(OC)c(OC)c2)no1. The summed E-state index contributed by atoms with van der Waals surface area (Å²) in [6.45, 7) is 2.05. The van der Waals surface area contributed by atoms with Crippen LogP contribution in [0.1, 0.15) is 31.7 Å². The minimum Gasteiger partial charge on any atom is -0.493 e. The van der Waals surface area contributed by atoms with Gasteiger partial charge in [-0.25, -0.2) is 0 Å². The zero-order valence-corrected chi connectivity index (χ0v) is 13.0. The molecule has 2 aromatic rings. The molecular weight excluding hydrogens is 294 g/mol. The van der Waals surface area contributed by atoms with Crippen molar-refractivity contribution in [1.82, 2.24) is 10.1 Å². The molecule has 0 radical (unpaired) electrons. The molecule has 114 valence electrons. The van der Waals surface area contributed by atoms with Crippen molar-refractivity contribution in [3.63, 3.8) is 0 Å². The van der Waals surface area contributed by atoms with E-state index >= 15 is 0 Å². The zero-order valence-electron chi connectivity index (χ0n) is 12.2. The van der Waals surface area contributed by atoms with Crippen molar-refractivity contribution in [3.05, 3.63) is 23.0 Å². The number of ether oxygens (including phenoxy) is 2. The summed E-state index contributed by atoms with van der Waals surface area (Å²) in [6.07, 6.45) is 1.73. The summed E-state index contributed by atoms with van der Waals surface area (Å²) in [4.78, 5) is 4.31. The fourth-order valence-electron chi connectivity index (χ4n) is 1.98. The smallest absolute Gasteiger partial charge is 0.243 e. The highest BCUT2D eigenvalue weighted by Gasteiger charge is 2.18. The first kappa shape index (κ1) is 15.6. The maximum atomic E-state index is 6.17. The Hall–Kier alpha value is -1.79. The lowest BCUT2D eigenvalue weighted by atomic mass is 10.1. The van der Waals surface area contributed by atoms with Gasteiger partial charge in [0.25, 0.3) is 0 Å². The summed E-state index contributed by atoms with van der Waals surface area (Å²) in [5.41, 5.74) is 6.64. The Morgan fingerprint density at radius 2 is 2.10 bits per heavy atom. The predicted molar refractivity (Wildman–Crippen MR) is 79.7 cm³/mol. The molecule has 6 nitrogen and oxygen atoms in total. The van der Waals surface area contributed by atoms with E-state index in [2.05, 4.69) is 10.1 Å². The van der Waals surface area contributed by atoms with E-state index in [9.17, 15) is 0 Å². The van der Waals surface area contributed by atoms with Crippen molar-refractivity contribution in [3.8, 4) is 22.9 Å². The Balaban J connectivity index is 2.36. The van der Waals surface area contributed by atoms with Gasteiger partial charge in [-0.05, 0) is 18.6 Å². The molecular formula is C14H18ClN3O3. The summed E-state index contributed by atoms with van der Waals surface area (Å²) in [7, 11) is 3.07. The summed E-state index contributed by atoms with van der Waals surface area (Å²) in [5.74, 6) is 1.80. The van der Waals surface area contributed by atoms with Gasteiger partial charge in [0.1, 0.15) is 0 Å². The first-order chi connectivity index (χ1) is 10.1. The van der Waals surface area contributed by atoms with E-state index in [0.29, 0.717) is 33.8 Å². The fraction of sp³-hybridized carbons (Fsp3) is 0.429. The summed E-state index contributed by atoms with van der Waals surface area (Å²) < 4.78 is 15.6. The number of nitrogens with two attached hydrogens (primary N) is 1. The second-order valence-electron chi connectivity index (χ2n) is 4.54. The lowest BCUT2D eigenvalue weighted by molar-refractivity contribution is 0.348. The molecule has 1 heterocycles. The molecule has 0 aliphatic heterocycles. The summed E-state index contributed by atoms with van der Waals surface area (Å²) in [5, 5.41) is 4.35. The topological polar surface area (TPSA) is 83.4 Å². The molecule has 0 saturated heterocycles. The third kappa shape index (κ3) is 3.28. The minimum atomic E-state index is -0.258. The van der Waals surface area contributed by atoms with Crippen LogP contribution in [0.5, 0.6) is 11.5 Å². The minimum absolute atomic E-state index is 0.258. The van der Waals surface area contributed by atoms with E-state index in [1.165, 1.54) is 14.2 Å². The van der Waals surface area contributed by atoms with Gasteiger partial charge in [-0.15, -0.1) is 0 Å². The van der Waals surface area contributed by atoms with Gasteiger partial charge >= 0.3 is 0 Å². The lowest BCUT2D eigenvalue weighted by Gasteiger charge is -2.10. The molecule has 1 atom stereocenters. The van der Waals surface area contributed by atoms with Crippen LogP contribution in [0.15, 0.2) is 16.7 Å². The predicted octanol–water partition coefficient (Wildman–Crippen LogP) is 3.21. The summed E-state index contributed by atoms with van der Waals surface area (Å²) >= 11 is 6.17. The number of aromatic nitrogens is 2. The normalized spacial score (nSPS) is 12.2. The summed E-state index contributed by atoms with van der Waals surface area (Å²) in [6, 6.07) is 3.18. The Kier molecular flexibility index (Phi) is 5.03. The molecule has 0 aliphatic carbocycles. The van der Waals surface area contributed by atoms with Crippen molar-refractivity contribution >= 4 is 11.6 Å². The number of nitrogens with zero attached hydrogens (tertiary/aromatic N) is 2. The van der Waals surface area contributed by atoms with Gasteiger partial charge < -0.3 is 19.7 Å². The second-order valence-corrected chi connectivity index (χ2v) is 4.95. The van der Waals surface area contributed by atoms with Gasteiger partial charge in [0, 0.05) is 5.56 Å². The van der Waals surface area contributed by atoms with Crippen molar-refractivity contribution in [2.45, 2.75) is 25.8 Å². The first-order valence-corrected chi connectivity index (χ1v) is 6.99. The van der Waals surface area contributed by atoms with Gasteiger partial charge in [0.15, 0.2) is 11.5 Å². The van der Waals surface area contributed by atoms with Crippen LogP contribution in [0.3, 0.4) is 0 Å². The van der Waals surface area contributed by atoms with E-state index in [1.807, 2.05) is 6.92 Å². The van der Waals surface area contributed by atoms with Crippen LogP contribution in [-0.2, 0) is 0 Å². The van der Waals surface area contributed by atoms with Crippen molar-refractivity contribution in [1.29, 1.82) is 0 Å². The molecule has 2 rings (SSSR count). The Labute approximate surface area is 128 Å². The highest BCUT2D eigenvalue weighted by molar-refractivity contribution is 6.32. The number of hydrogen-bond acceptors (Lipinski definition) is 6. The molecule has 1 aromatic heterocycles. The van der Waals surface area contributed by atoms with Crippen LogP contribution in [-0.4, -0.2) is 24.4 Å². The molecule has 1 unspecified atom stereocenters. The number of methoxy groups -OCH3 is 2. The number of hydrogen-bond donors (Lipinski definition) is 1. The van der Waals surface area contributed by atoms with Gasteiger partial charge in [0.05, 0.1) is 25.3 Å². The van der Waals surface area contributed by atoms with Crippen LogP contribution in [0.4, 0.5) is 0 Å². The second kappa shape index (κ2) is 6.78. The average molecular weight is 312 g/mol. The molecule has 0 fully saturated rings. The van der Waals surface area contributed by atoms with Crippen molar-refractivity contribution < 1.29 is 14.0 Å². The molecule has 7 heteroatoms. The standard InChI is InChI=1S/C14H18ClN3O3/c1-4-5-10(16)14-17-13(18-21-14)8-6-9(15)12(20-3)11(7-8)19-2/h6-7,10H,4-5,16H2,1-3H3. The first-order valence-electron chi connectivity index (χ1n) is 6.61. The van der Waals surface area contributed by atoms with Gasteiger partial charge in [-0.2, -0.15) is 4.98 Å². The van der Waals surface area contributed by atoms with Crippen LogP contribution < -0.4 is 15.2 Å². The quantitative estimate of drug-likeness (QED) is 0.882. The van der Waals surface area contributed by atoms with Gasteiger partial charge in [0.2, 0.25) is 11.7 Å². The van der Waals surface area contributed by atoms with Gasteiger partial charge in [-0.3, -0.25) is 0 Å². The van der Waals surface area contributed by atoms with Crippen LogP contribution in [0, 0.1) is 0 Å². The van der Waals surface area contributed by atoms with Crippen molar-refractivity contribution in [2.24, 2.45) is 5.73 Å². The third-order valence-corrected chi connectivity index (χ3v) is 3.33. The lowest BCUT2D eigenvalue weighted by Crippen LogP contribution is -2.09. The monoisotopic (exact) mass is 311 g/mol.